The van der Waals surface area contributed by atoms with Gasteiger partial charge in [0.05, 0.1) is 26.2 Å². The summed E-state index contributed by atoms with van der Waals surface area (Å²) in [6, 6.07) is 14.6. The second kappa shape index (κ2) is 8.53. The first-order valence-electron chi connectivity index (χ1n) is 9.70. The monoisotopic (exact) mass is 370 g/mol. The Balaban J connectivity index is 1.53. The van der Waals surface area contributed by atoms with Crippen molar-refractivity contribution in [3.63, 3.8) is 0 Å². The Morgan fingerprint density at radius 1 is 1.00 bits per heavy atom. The number of nitrogens with one attached hydrogen (secondary N) is 2. The SMILES string of the molecule is CC(C)c1ccc(NC(=O)[C@H](C)[NH+]2CCN(c3ccc(F)cc3)CC2)cc1. The van der Waals surface area contributed by atoms with Gasteiger partial charge in [0.25, 0.3) is 5.91 Å². The van der Waals surface area contributed by atoms with Crippen molar-refractivity contribution < 1.29 is 14.1 Å². The van der Waals surface area contributed by atoms with Gasteiger partial charge in [-0.1, -0.05) is 26.0 Å². The van der Waals surface area contributed by atoms with E-state index in [9.17, 15) is 9.18 Å². The molecule has 1 aliphatic heterocycles. The molecule has 1 heterocycles. The third-order valence-electron chi connectivity index (χ3n) is 5.45. The van der Waals surface area contributed by atoms with E-state index in [1.807, 2.05) is 31.2 Å². The number of rotatable bonds is 5. The first-order valence-corrected chi connectivity index (χ1v) is 9.70. The van der Waals surface area contributed by atoms with Crippen molar-refractivity contribution in [1.82, 2.24) is 0 Å². The number of carbonyl (C=O) groups is 1. The molecule has 3 rings (SSSR count). The normalized spacial score (nSPS) is 16.4. The molecule has 1 amide bonds. The van der Waals surface area contributed by atoms with E-state index in [0.717, 1.165) is 37.6 Å². The second-order valence-electron chi connectivity index (χ2n) is 7.61. The van der Waals surface area contributed by atoms with Crippen molar-refractivity contribution >= 4 is 17.3 Å². The summed E-state index contributed by atoms with van der Waals surface area (Å²) in [6.45, 7) is 9.80. The first-order chi connectivity index (χ1) is 12.9. The molecule has 0 unspecified atom stereocenters. The zero-order valence-electron chi connectivity index (χ0n) is 16.3. The lowest BCUT2D eigenvalue weighted by atomic mass is 10.0. The molecular formula is C22H29FN3O+. The lowest BCUT2D eigenvalue weighted by Crippen LogP contribution is -3.19. The average molecular weight is 370 g/mol. The van der Waals surface area contributed by atoms with Crippen LogP contribution < -0.4 is 15.1 Å². The zero-order valence-corrected chi connectivity index (χ0v) is 16.3. The summed E-state index contributed by atoms with van der Waals surface area (Å²) in [4.78, 5) is 16.2. The van der Waals surface area contributed by atoms with Gasteiger partial charge in [-0.05, 0) is 54.8 Å². The standard InChI is InChI=1S/C22H28FN3O/c1-16(2)18-4-8-20(9-5-18)24-22(27)17(3)25-12-14-26(15-13-25)21-10-6-19(23)7-11-21/h4-11,16-17H,12-15H2,1-3H3,(H,24,27)/p+1/t17-/m0/s1. The van der Waals surface area contributed by atoms with Gasteiger partial charge in [0.2, 0.25) is 0 Å². The Labute approximate surface area is 161 Å². The topological polar surface area (TPSA) is 36.8 Å². The van der Waals surface area contributed by atoms with Crippen LogP contribution in [0.15, 0.2) is 48.5 Å². The molecule has 0 saturated carbocycles. The molecule has 1 aliphatic rings. The van der Waals surface area contributed by atoms with Gasteiger partial charge in [-0.15, -0.1) is 0 Å². The van der Waals surface area contributed by atoms with Crippen LogP contribution in [-0.4, -0.2) is 38.1 Å². The summed E-state index contributed by atoms with van der Waals surface area (Å²) in [7, 11) is 0. The maximum Gasteiger partial charge on any atom is 0.282 e. The van der Waals surface area contributed by atoms with Crippen LogP contribution in [-0.2, 0) is 4.79 Å². The van der Waals surface area contributed by atoms with Gasteiger partial charge in [-0.3, -0.25) is 4.79 Å². The van der Waals surface area contributed by atoms with E-state index in [1.165, 1.54) is 22.6 Å². The number of amides is 1. The van der Waals surface area contributed by atoms with E-state index in [-0.39, 0.29) is 17.8 Å². The summed E-state index contributed by atoms with van der Waals surface area (Å²) < 4.78 is 13.1. The van der Waals surface area contributed by atoms with Gasteiger partial charge < -0.3 is 15.1 Å². The highest BCUT2D eigenvalue weighted by Crippen LogP contribution is 2.17. The Hall–Kier alpha value is -2.40. The second-order valence-corrected chi connectivity index (χ2v) is 7.61. The van der Waals surface area contributed by atoms with Gasteiger partial charge in [-0.25, -0.2) is 4.39 Å². The Morgan fingerprint density at radius 2 is 1.59 bits per heavy atom. The first kappa shape index (κ1) is 19.4. The lowest BCUT2D eigenvalue weighted by Gasteiger charge is -2.36. The largest absolute Gasteiger partial charge is 0.360 e. The fourth-order valence-corrected chi connectivity index (χ4v) is 3.52. The van der Waals surface area contributed by atoms with Gasteiger partial charge in [-0.2, -0.15) is 0 Å². The number of hydrogen-bond acceptors (Lipinski definition) is 2. The van der Waals surface area contributed by atoms with Gasteiger partial charge in [0, 0.05) is 11.4 Å². The maximum atomic E-state index is 13.1. The van der Waals surface area contributed by atoms with Crippen molar-refractivity contribution in [2.45, 2.75) is 32.7 Å². The minimum absolute atomic E-state index is 0.0533. The summed E-state index contributed by atoms with van der Waals surface area (Å²) in [5, 5.41) is 3.04. The molecule has 2 aromatic carbocycles. The highest BCUT2D eigenvalue weighted by molar-refractivity contribution is 5.93. The third-order valence-corrected chi connectivity index (χ3v) is 5.45. The molecule has 2 aromatic rings. The van der Waals surface area contributed by atoms with Crippen LogP contribution in [0, 0.1) is 5.82 Å². The smallest absolute Gasteiger partial charge is 0.282 e. The minimum Gasteiger partial charge on any atom is -0.360 e. The molecule has 4 nitrogen and oxygen atoms in total. The molecule has 1 saturated heterocycles. The van der Waals surface area contributed by atoms with Crippen molar-refractivity contribution in [1.29, 1.82) is 0 Å². The van der Waals surface area contributed by atoms with Crippen LogP contribution in [0.4, 0.5) is 15.8 Å². The number of hydrogen-bond donors (Lipinski definition) is 2. The minimum atomic E-state index is -0.213. The van der Waals surface area contributed by atoms with E-state index in [0.29, 0.717) is 5.92 Å². The van der Waals surface area contributed by atoms with E-state index in [2.05, 4.69) is 36.2 Å². The predicted octanol–water partition coefficient (Wildman–Crippen LogP) is 2.68. The summed E-state index contributed by atoms with van der Waals surface area (Å²) in [6.07, 6.45) is 0. The van der Waals surface area contributed by atoms with Gasteiger partial charge in [0.1, 0.15) is 5.82 Å². The lowest BCUT2D eigenvalue weighted by molar-refractivity contribution is -0.914. The number of halogens is 1. The molecule has 0 aliphatic carbocycles. The van der Waals surface area contributed by atoms with Gasteiger partial charge >= 0.3 is 0 Å². The fourth-order valence-electron chi connectivity index (χ4n) is 3.52. The highest BCUT2D eigenvalue weighted by Gasteiger charge is 2.29. The molecule has 0 spiro atoms. The number of anilines is 2. The molecular weight excluding hydrogens is 341 g/mol. The zero-order chi connectivity index (χ0) is 19.4. The van der Waals surface area contributed by atoms with Gasteiger partial charge in [0.15, 0.2) is 6.04 Å². The highest BCUT2D eigenvalue weighted by atomic mass is 19.1. The maximum absolute atomic E-state index is 13.1. The van der Waals surface area contributed by atoms with E-state index < -0.39 is 0 Å². The Bertz CT molecular complexity index is 750. The molecule has 0 radical (unpaired) electrons. The molecule has 5 heteroatoms. The van der Waals surface area contributed by atoms with Crippen molar-refractivity contribution in [3.05, 3.63) is 59.9 Å². The number of carbonyl (C=O) groups excluding carboxylic acids is 1. The summed E-state index contributed by atoms with van der Waals surface area (Å²) >= 11 is 0. The molecule has 27 heavy (non-hydrogen) atoms. The Morgan fingerprint density at radius 3 is 2.15 bits per heavy atom. The molecule has 144 valence electrons. The van der Waals surface area contributed by atoms with Crippen LogP contribution in [0.25, 0.3) is 0 Å². The predicted molar refractivity (Wildman–Crippen MR) is 108 cm³/mol. The molecule has 0 bridgehead atoms. The summed E-state index contributed by atoms with van der Waals surface area (Å²) in [5.41, 5.74) is 3.15. The van der Waals surface area contributed by atoms with Crippen molar-refractivity contribution in [3.8, 4) is 0 Å². The van der Waals surface area contributed by atoms with Crippen LogP contribution >= 0.6 is 0 Å². The molecule has 2 N–H and O–H groups in total. The van der Waals surface area contributed by atoms with Crippen molar-refractivity contribution in [2.75, 3.05) is 36.4 Å². The van der Waals surface area contributed by atoms with Crippen molar-refractivity contribution in [2.24, 2.45) is 0 Å². The van der Waals surface area contributed by atoms with Crippen LogP contribution in [0.2, 0.25) is 0 Å². The molecule has 0 aromatic heterocycles. The number of piperazine rings is 1. The van der Waals surface area contributed by atoms with E-state index >= 15 is 0 Å². The quantitative estimate of drug-likeness (QED) is 0.849. The fraction of sp³-hybridized carbons (Fsp3) is 0.409. The molecule has 1 fully saturated rings. The summed E-state index contributed by atoms with van der Waals surface area (Å²) in [5.74, 6) is 0.322. The molecule has 1 atom stereocenters. The van der Waals surface area contributed by atoms with E-state index in [4.69, 9.17) is 0 Å². The van der Waals surface area contributed by atoms with Crippen LogP contribution in [0.5, 0.6) is 0 Å². The number of quaternary nitrogens is 1. The van der Waals surface area contributed by atoms with Crippen LogP contribution in [0.3, 0.4) is 0 Å². The van der Waals surface area contributed by atoms with Crippen LogP contribution in [0.1, 0.15) is 32.3 Å². The number of nitrogens with zero attached hydrogens (tertiary/aromatic N) is 1. The third kappa shape index (κ3) is 4.86. The van der Waals surface area contributed by atoms with E-state index in [1.54, 1.807) is 0 Å². The number of benzene rings is 2. The Kier molecular flexibility index (Phi) is 6.11. The average Bonchev–Trinajstić information content (AvgIpc) is 2.68.